The molecule has 2 rings (SSSR count). The molecule has 28 heavy (non-hydrogen) atoms. The van der Waals surface area contributed by atoms with E-state index in [0.29, 0.717) is 0 Å². The predicted octanol–water partition coefficient (Wildman–Crippen LogP) is 1.66. The number of carbonyl (C=O) groups excluding carboxylic acids is 1. The minimum atomic E-state index is -0.437. The molecule has 2 N–H and O–H groups in total. The van der Waals surface area contributed by atoms with Crippen molar-refractivity contribution >= 4 is 12.1 Å². The van der Waals surface area contributed by atoms with Crippen LogP contribution in [0.2, 0.25) is 0 Å². The third kappa shape index (κ3) is 7.83. The molecule has 8 nitrogen and oxygen atoms in total. The Morgan fingerprint density at radius 2 is 1.93 bits per heavy atom. The maximum atomic E-state index is 12.1. The monoisotopic (exact) mass is 397 g/mol. The van der Waals surface area contributed by atoms with Crippen LogP contribution in [0.4, 0.5) is 4.79 Å². The molecule has 0 aliphatic carbocycles. The highest BCUT2D eigenvalue weighted by molar-refractivity contribution is 5.79. The van der Waals surface area contributed by atoms with Crippen molar-refractivity contribution in [3.63, 3.8) is 0 Å². The number of amides is 1. The summed E-state index contributed by atoms with van der Waals surface area (Å²) >= 11 is 0. The standard InChI is InChI=1S/C20H39N5O3/c1-19(2,3)28-18(26)25-13-11-24(12-14-25)10-7-9-22-17(21-5)23-16-20(4)8-6-15-27-20/h6-16H2,1-5H3,(H2,21,22,23). The van der Waals surface area contributed by atoms with E-state index in [1.807, 2.05) is 20.8 Å². The van der Waals surface area contributed by atoms with E-state index in [9.17, 15) is 4.79 Å². The van der Waals surface area contributed by atoms with Gasteiger partial charge in [0.2, 0.25) is 0 Å². The van der Waals surface area contributed by atoms with Crippen LogP contribution in [0.3, 0.4) is 0 Å². The number of rotatable bonds is 6. The fourth-order valence-corrected chi connectivity index (χ4v) is 3.46. The molecule has 0 aromatic carbocycles. The van der Waals surface area contributed by atoms with E-state index in [2.05, 4.69) is 27.4 Å². The van der Waals surface area contributed by atoms with Crippen molar-refractivity contribution in [2.45, 2.75) is 58.2 Å². The Bertz CT molecular complexity index is 518. The van der Waals surface area contributed by atoms with Gasteiger partial charge in [-0.3, -0.25) is 9.89 Å². The second-order valence-corrected chi connectivity index (χ2v) is 8.92. The molecule has 0 aromatic heterocycles. The quantitative estimate of drug-likeness (QED) is 0.403. The molecule has 2 aliphatic rings. The van der Waals surface area contributed by atoms with Crippen LogP contribution in [0.1, 0.15) is 47.0 Å². The van der Waals surface area contributed by atoms with E-state index in [1.165, 1.54) is 0 Å². The van der Waals surface area contributed by atoms with Gasteiger partial charge in [-0.05, 0) is 53.5 Å². The number of aliphatic imine (C=N–C) groups is 1. The first-order valence-electron chi connectivity index (χ1n) is 10.5. The Morgan fingerprint density at radius 3 is 2.50 bits per heavy atom. The van der Waals surface area contributed by atoms with E-state index in [1.54, 1.807) is 11.9 Å². The van der Waals surface area contributed by atoms with Crippen molar-refractivity contribution in [3.05, 3.63) is 0 Å². The Kier molecular flexibility index (Phi) is 8.37. The van der Waals surface area contributed by atoms with Crippen molar-refractivity contribution in [2.75, 3.05) is 59.5 Å². The Morgan fingerprint density at radius 1 is 1.21 bits per heavy atom. The third-order valence-corrected chi connectivity index (χ3v) is 5.12. The summed E-state index contributed by atoms with van der Waals surface area (Å²) in [6.07, 6.45) is 3.04. The molecule has 0 bridgehead atoms. The van der Waals surface area contributed by atoms with Crippen molar-refractivity contribution in [3.8, 4) is 0 Å². The summed E-state index contributed by atoms with van der Waals surface area (Å²) in [7, 11) is 1.79. The van der Waals surface area contributed by atoms with Crippen LogP contribution < -0.4 is 10.6 Å². The molecular weight excluding hydrogens is 358 g/mol. The van der Waals surface area contributed by atoms with Crippen LogP contribution in [0, 0.1) is 0 Å². The molecule has 1 amide bonds. The van der Waals surface area contributed by atoms with Crippen molar-refractivity contribution in [2.24, 2.45) is 4.99 Å². The maximum Gasteiger partial charge on any atom is 0.410 e. The number of hydrogen-bond donors (Lipinski definition) is 2. The summed E-state index contributed by atoms with van der Waals surface area (Å²) in [4.78, 5) is 20.6. The molecule has 0 aromatic rings. The highest BCUT2D eigenvalue weighted by Crippen LogP contribution is 2.23. The molecule has 0 spiro atoms. The summed E-state index contributed by atoms with van der Waals surface area (Å²) < 4.78 is 11.2. The van der Waals surface area contributed by atoms with Gasteiger partial charge in [0.1, 0.15) is 5.60 Å². The van der Waals surface area contributed by atoms with Crippen LogP contribution in [0.25, 0.3) is 0 Å². The van der Waals surface area contributed by atoms with Crippen LogP contribution in [0.5, 0.6) is 0 Å². The van der Waals surface area contributed by atoms with Crippen LogP contribution >= 0.6 is 0 Å². The number of nitrogens with one attached hydrogen (secondary N) is 2. The molecule has 1 unspecified atom stereocenters. The topological polar surface area (TPSA) is 78.4 Å². The van der Waals surface area contributed by atoms with Gasteiger partial charge >= 0.3 is 6.09 Å². The molecule has 0 saturated carbocycles. The second kappa shape index (κ2) is 10.3. The third-order valence-electron chi connectivity index (χ3n) is 5.12. The van der Waals surface area contributed by atoms with Gasteiger partial charge in [-0.25, -0.2) is 4.79 Å². The Labute approximate surface area is 170 Å². The lowest BCUT2D eigenvalue weighted by molar-refractivity contribution is 0.0145. The van der Waals surface area contributed by atoms with Crippen LogP contribution in [-0.4, -0.2) is 92.5 Å². The van der Waals surface area contributed by atoms with Gasteiger partial charge in [-0.2, -0.15) is 0 Å². The largest absolute Gasteiger partial charge is 0.444 e. The smallest absolute Gasteiger partial charge is 0.410 e. The highest BCUT2D eigenvalue weighted by atomic mass is 16.6. The molecule has 0 radical (unpaired) electrons. The lowest BCUT2D eigenvalue weighted by atomic mass is 10.0. The zero-order valence-electron chi connectivity index (χ0n) is 18.3. The molecule has 2 fully saturated rings. The molecule has 2 saturated heterocycles. The number of piperazine rings is 1. The fraction of sp³-hybridized carbons (Fsp3) is 0.900. The SMILES string of the molecule is CN=C(NCCCN1CCN(C(=O)OC(C)(C)C)CC1)NCC1(C)CCCO1. The van der Waals surface area contributed by atoms with Gasteiger partial charge in [0.15, 0.2) is 5.96 Å². The number of guanidine groups is 1. The van der Waals surface area contributed by atoms with Crippen molar-refractivity contribution in [1.82, 2.24) is 20.4 Å². The van der Waals surface area contributed by atoms with E-state index < -0.39 is 5.60 Å². The summed E-state index contributed by atoms with van der Waals surface area (Å²) in [6.45, 7) is 14.6. The summed E-state index contributed by atoms with van der Waals surface area (Å²) in [5, 5.41) is 6.74. The van der Waals surface area contributed by atoms with Gasteiger partial charge in [-0.1, -0.05) is 0 Å². The van der Waals surface area contributed by atoms with Gasteiger partial charge in [0.05, 0.1) is 5.60 Å². The van der Waals surface area contributed by atoms with Crippen molar-refractivity contribution < 1.29 is 14.3 Å². The minimum Gasteiger partial charge on any atom is -0.444 e. The summed E-state index contributed by atoms with van der Waals surface area (Å²) in [5.41, 5.74) is -0.515. The molecule has 2 heterocycles. The van der Waals surface area contributed by atoms with E-state index in [4.69, 9.17) is 9.47 Å². The molecule has 1 atom stereocenters. The van der Waals surface area contributed by atoms with Gasteiger partial charge in [0, 0.05) is 52.9 Å². The average Bonchev–Trinajstić information content (AvgIpc) is 3.07. The first-order valence-corrected chi connectivity index (χ1v) is 10.5. The van der Waals surface area contributed by atoms with Gasteiger partial charge in [-0.15, -0.1) is 0 Å². The molecule has 162 valence electrons. The van der Waals surface area contributed by atoms with Crippen molar-refractivity contribution in [1.29, 1.82) is 0 Å². The normalized spacial score (nSPS) is 24.3. The lowest BCUT2D eigenvalue weighted by Crippen LogP contribution is -2.50. The molecule has 8 heteroatoms. The molecule has 2 aliphatic heterocycles. The van der Waals surface area contributed by atoms with Crippen LogP contribution in [-0.2, 0) is 9.47 Å². The Hall–Kier alpha value is -1.54. The van der Waals surface area contributed by atoms with E-state index in [-0.39, 0.29) is 11.7 Å². The summed E-state index contributed by atoms with van der Waals surface area (Å²) in [6, 6.07) is 0. The Balaban J connectivity index is 1.58. The van der Waals surface area contributed by atoms with Gasteiger partial charge in [0.25, 0.3) is 0 Å². The zero-order valence-corrected chi connectivity index (χ0v) is 18.3. The van der Waals surface area contributed by atoms with Crippen LogP contribution in [0.15, 0.2) is 4.99 Å². The maximum absolute atomic E-state index is 12.1. The number of hydrogen-bond acceptors (Lipinski definition) is 5. The second-order valence-electron chi connectivity index (χ2n) is 8.92. The average molecular weight is 398 g/mol. The first-order chi connectivity index (χ1) is 13.2. The van der Waals surface area contributed by atoms with E-state index >= 15 is 0 Å². The fourth-order valence-electron chi connectivity index (χ4n) is 3.46. The van der Waals surface area contributed by atoms with Gasteiger partial charge < -0.3 is 25.0 Å². The first kappa shape index (κ1) is 22.7. The number of ether oxygens (including phenoxy) is 2. The predicted molar refractivity (Wildman–Crippen MR) is 112 cm³/mol. The zero-order chi connectivity index (χ0) is 20.6. The number of carbonyl (C=O) groups is 1. The highest BCUT2D eigenvalue weighted by Gasteiger charge is 2.29. The van der Waals surface area contributed by atoms with E-state index in [0.717, 1.165) is 77.6 Å². The minimum absolute atomic E-state index is 0.0779. The summed E-state index contributed by atoms with van der Waals surface area (Å²) in [5.74, 6) is 0.825. The lowest BCUT2D eigenvalue weighted by Gasteiger charge is -2.35. The molecular formula is C20H39N5O3. The number of nitrogens with zero attached hydrogens (tertiary/aromatic N) is 3.